The minimum absolute atomic E-state index is 0.0441. The van der Waals surface area contributed by atoms with Gasteiger partial charge in [0.05, 0.1) is 5.75 Å². The average molecular weight is 282 g/mol. The van der Waals surface area contributed by atoms with Crippen molar-refractivity contribution in [1.29, 1.82) is 0 Å². The van der Waals surface area contributed by atoms with Crippen molar-refractivity contribution in [2.45, 2.75) is 51.1 Å². The Kier molecular flexibility index (Phi) is 4.60. The van der Waals surface area contributed by atoms with E-state index in [1.165, 1.54) is 12.8 Å². The Labute approximate surface area is 115 Å². The molecular weight excluding hydrogens is 260 g/mol. The first-order chi connectivity index (χ1) is 8.94. The van der Waals surface area contributed by atoms with Gasteiger partial charge in [-0.3, -0.25) is 0 Å². The summed E-state index contributed by atoms with van der Waals surface area (Å²) in [6, 6.07) is 8.38. The van der Waals surface area contributed by atoms with Crippen LogP contribution in [0.25, 0.3) is 0 Å². The molecular formula is C14H22N2O2S. The lowest BCUT2D eigenvalue weighted by atomic mass is 10.1. The van der Waals surface area contributed by atoms with Gasteiger partial charge in [-0.1, -0.05) is 24.3 Å². The lowest BCUT2D eigenvalue weighted by Gasteiger charge is -2.10. The molecule has 0 radical (unpaired) electrons. The molecule has 1 saturated carbocycles. The second-order valence-electron chi connectivity index (χ2n) is 5.51. The number of benzene rings is 1. The second kappa shape index (κ2) is 6.03. The van der Waals surface area contributed by atoms with Crippen molar-refractivity contribution in [2.24, 2.45) is 0 Å². The van der Waals surface area contributed by atoms with E-state index >= 15 is 0 Å². The second-order valence-corrected chi connectivity index (χ2v) is 7.26. The SMILES string of the molecule is CC(C)NS(=O)(=O)Cc1cccc(CNC2CC2)c1. The summed E-state index contributed by atoms with van der Waals surface area (Å²) < 4.78 is 26.3. The minimum atomic E-state index is -3.24. The molecule has 2 N–H and O–H groups in total. The summed E-state index contributed by atoms with van der Waals surface area (Å²) in [5, 5.41) is 3.43. The van der Waals surface area contributed by atoms with Crippen molar-refractivity contribution < 1.29 is 8.42 Å². The molecule has 0 amide bonds. The monoisotopic (exact) mass is 282 g/mol. The molecule has 0 aromatic heterocycles. The summed E-state index contributed by atoms with van der Waals surface area (Å²) in [6.07, 6.45) is 2.51. The number of hydrogen-bond acceptors (Lipinski definition) is 3. The minimum Gasteiger partial charge on any atom is -0.310 e. The van der Waals surface area contributed by atoms with E-state index in [-0.39, 0.29) is 11.8 Å². The Hall–Kier alpha value is -0.910. The molecule has 1 aliphatic carbocycles. The van der Waals surface area contributed by atoms with Gasteiger partial charge in [-0.25, -0.2) is 13.1 Å². The maximum absolute atomic E-state index is 11.9. The number of hydrogen-bond donors (Lipinski definition) is 2. The van der Waals surface area contributed by atoms with Crippen LogP contribution in [0.1, 0.15) is 37.8 Å². The molecule has 1 aromatic carbocycles. The highest BCUT2D eigenvalue weighted by Gasteiger charge is 2.20. The number of nitrogens with one attached hydrogen (secondary N) is 2. The zero-order valence-electron chi connectivity index (χ0n) is 11.5. The molecule has 0 bridgehead atoms. The lowest BCUT2D eigenvalue weighted by molar-refractivity contribution is 0.569. The van der Waals surface area contributed by atoms with Crippen LogP contribution in [0.15, 0.2) is 24.3 Å². The average Bonchev–Trinajstić information content (AvgIpc) is 3.07. The molecule has 0 heterocycles. The van der Waals surface area contributed by atoms with E-state index in [2.05, 4.69) is 10.0 Å². The van der Waals surface area contributed by atoms with Crippen LogP contribution in [-0.2, 0) is 22.3 Å². The van der Waals surface area contributed by atoms with Crippen LogP contribution in [-0.4, -0.2) is 20.5 Å². The Balaban J connectivity index is 1.97. The summed E-state index contributed by atoms with van der Waals surface area (Å²) in [5.74, 6) is 0.0441. The Bertz CT molecular complexity index is 522. The molecule has 5 heteroatoms. The molecule has 0 unspecified atom stereocenters. The fourth-order valence-corrected chi connectivity index (χ4v) is 3.42. The fourth-order valence-electron chi connectivity index (χ4n) is 2.00. The molecule has 1 aromatic rings. The maximum Gasteiger partial charge on any atom is 0.216 e. The van der Waals surface area contributed by atoms with Crippen LogP contribution in [0.5, 0.6) is 0 Å². The summed E-state index contributed by atoms with van der Waals surface area (Å²) in [4.78, 5) is 0. The topological polar surface area (TPSA) is 58.2 Å². The third-order valence-electron chi connectivity index (χ3n) is 2.94. The molecule has 4 nitrogen and oxygen atoms in total. The van der Waals surface area contributed by atoms with E-state index in [0.29, 0.717) is 6.04 Å². The molecule has 0 aliphatic heterocycles. The van der Waals surface area contributed by atoms with Crippen molar-refractivity contribution in [1.82, 2.24) is 10.0 Å². The molecule has 1 aliphatic rings. The quantitative estimate of drug-likeness (QED) is 0.801. The van der Waals surface area contributed by atoms with Gasteiger partial charge in [0.1, 0.15) is 0 Å². The molecule has 0 saturated heterocycles. The summed E-state index contributed by atoms with van der Waals surface area (Å²) in [7, 11) is -3.24. The van der Waals surface area contributed by atoms with Crippen LogP contribution in [0.4, 0.5) is 0 Å². The Morgan fingerprint density at radius 2 is 1.95 bits per heavy atom. The van der Waals surface area contributed by atoms with Crippen molar-refractivity contribution in [3.8, 4) is 0 Å². The predicted octanol–water partition coefficient (Wildman–Crippen LogP) is 1.77. The Morgan fingerprint density at radius 3 is 2.58 bits per heavy atom. The van der Waals surface area contributed by atoms with Crippen molar-refractivity contribution >= 4 is 10.0 Å². The third-order valence-corrected chi connectivity index (χ3v) is 4.48. The first kappa shape index (κ1) is 14.5. The van der Waals surface area contributed by atoms with Gasteiger partial charge < -0.3 is 5.32 Å². The molecule has 19 heavy (non-hydrogen) atoms. The van der Waals surface area contributed by atoms with Gasteiger partial charge >= 0.3 is 0 Å². The first-order valence-electron chi connectivity index (χ1n) is 6.76. The van der Waals surface area contributed by atoms with Crippen LogP contribution < -0.4 is 10.0 Å². The highest BCUT2D eigenvalue weighted by Crippen LogP contribution is 2.19. The molecule has 106 valence electrons. The van der Waals surface area contributed by atoms with Crippen LogP contribution in [0.2, 0.25) is 0 Å². The third kappa shape index (κ3) is 5.30. The lowest BCUT2D eigenvalue weighted by Crippen LogP contribution is -2.31. The first-order valence-corrected chi connectivity index (χ1v) is 8.41. The van der Waals surface area contributed by atoms with E-state index in [9.17, 15) is 8.42 Å². The number of rotatable bonds is 7. The van der Waals surface area contributed by atoms with Gasteiger partial charge in [-0.05, 0) is 37.8 Å². The summed E-state index contributed by atoms with van der Waals surface area (Å²) in [5.41, 5.74) is 1.98. The normalized spacial score (nSPS) is 15.9. The van der Waals surface area contributed by atoms with Gasteiger partial charge in [0.2, 0.25) is 10.0 Å². The van der Waals surface area contributed by atoms with Gasteiger partial charge in [0, 0.05) is 18.6 Å². The van der Waals surface area contributed by atoms with E-state index < -0.39 is 10.0 Å². The molecule has 0 spiro atoms. The van der Waals surface area contributed by atoms with Crippen LogP contribution in [0, 0.1) is 0 Å². The summed E-state index contributed by atoms with van der Waals surface area (Å²) in [6.45, 7) is 4.47. The van der Waals surface area contributed by atoms with Crippen LogP contribution >= 0.6 is 0 Å². The van der Waals surface area contributed by atoms with E-state index in [1.807, 2.05) is 38.1 Å². The number of sulfonamides is 1. The largest absolute Gasteiger partial charge is 0.310 e. The van der Waals surface area contributed by atoms with Gasteiger partial charge in [-0.15, -0.1) is 0 Å². The zero-order valence-corrected chi connectivity index (χ0v) is 12.3. The van der Waals surface area contributed by atoms with Crippen LogP contribution in [0.3, 0.4) is 0 Å². The molecule has 1 fully saturated rings. The summed E-state index contributed by atoms with van der Waals surface area (Å²) >= 11 is 0. The van der Waals surface area contributed by atoms with Crippen molar-refractivity contribution in [2.75, 3.05) is 0 Å². The highest BCUT2D eigenvalue weighted by atomic mass is 32.2. The van der Waals surface area contributed by atoms with Gasteiger partial charge in [0.25, 0.3) is 0 Å². The Morgan fingerprint density at radius 1 is 1.26 bits per heavy atom. The molecule has 0 atom stereocenters. The molecule has 2 rings (SSSR count). The highest BCUT2D eigenvalue weighted by molar-refractivity contribution is 7.88. The fraction of sp³-hybridized carbons (Fsp3) is 0.571. The van der Waals surface area contributed by atoms with Gasteiger partial charge in [-0.2, -0.15) is 0 Å². The van der Waals surface area contributed by atoms with Gasteiger partial charge in [0.15, 0.2) is 0 Å². The standard InChI is InChI=1S/C14H22N2O2S/c1-11(2)16-19(17,18)10-13-5-3-4-12(8-13)9-15-14-6-7-14/h3-5,8,11,14-16H,6-7,9-10H2,1-2H3. The van der Waals surface area contributed by atoms with Crippen molar-refractivity contribution in [3.05, 3.63) is 35.4 Å². The van der Waals surface area contributed by atoms with Crippen molar-refractivity contribution in [3.63, 3.8) is 0 Å². The van der Waals surface area contributed by atoms with E-state index in [1.54, 1.807) is 0 Å². The maximum atomic E-state index is 11.9. The smallest absolute Gasteiger partial charge is 0.216 e. The zero-order chi connectivity index (χ0) is 13.9. The van der Waals surface area contributed by atoms with E-state index in [4.69, 9.17) is 0 Å². The predicted molar refractivity (Wildman–Crippen MR) is 77.2 cm³/mol. The van der Waals surface area contributed by atoms with E-state index in [0.717, 1.165) is 17.7 Å².